The van der Waals surface area contributed by atoms with Crippen LogP contribution in [0.3, 0.4) is 0 Å². The summed E-state index contributed by atoms with van der Waals surface area (Å²) in [5, 5.41) is 3.19. The molecule has 2 nitrogen and oxygen atoms in total. The number of nitrogens with one attached hydrogen (secondary N) is 1. The molecule has 1 rings (SSSR count). The molecule has 0 amide bonds. The number of benzene rings is 1. The van der Waals surface area contributed by atoms with Crippen LogP contribution in [0.25, 0.3) is 0 Å². The lowest BCUT2D eigenvalue weighted by molar-refractivity contribution is -0.0504. The molecule has 0 radical (unpaired) electrons. The number of para-hydroxylation sites is 1. The van der Waals surface area contributed by atoms with Crippen molar-refractivity contribution < 1.29 is 13.5 Å². The Hall–Kier alpha value is -1.07. The summed E-state index contributed by atoms with van der Waals surface area (Å²) in [5.74, 6) is 2.12. The van der Waals surface area contributed by atoms with Crippen LogP contribution in [-0.4, -0.2) is 24.7 Å². The fourth-order valence-electron chi connectivity index (χ4n) is 1.39. The van der Waals surface area contributed by atoms with Crippen molar-refractivity contribution in [2.75, 3.05) is 18.1 Å². The van der Waals surface area contributed by atoms with E-state index in [2.05, 4.69) is 16.6 Å². The van der Waals surface area contributed by atoms with E-state index in [9.17, 15) is 8.78 Å². The van der Waals surface area contributed by atoms with Gasteiger partial charge in [-0.1, -0.05) is 24.3 Å². The molecule has 0 aliphatic carbocycles. The summed E-state index contributed by atoms with van der Waals surface area (Å²) in [6.07, 6.45) is 1.86. The molecule has 0 unspecified atom stereocenters. The van der Waals surface area contributed by atoms with Gasteiger partial charge in [0, 0.05) is 30.2 Å². The van der Waals surface area contributed by atoms with E-state index < -0.39 is 6.61 Å². The number of rotatable bonds is 9. The molecule has 0 heterocycles. The van der Waals surface area contributed by atoms with Gasteiger partial charge in [0.1, 0.15) is 5.75 Å². The third kappa shape index (κ3) is 6.02. The molecular weight excluding hydrogens is 256 g/mol. The average Bonchev–Trinajstić information content (AvgIpc) is 2.35. The maximum atomic E-state index is 12.2. The molecule has 1 N–H and O–H groups in total. The molecule has 0 aliphatic rings. The van der Waals surface area contributed by atoms with Crippen molar-refractivity contribution in [3.63, 3.8) is 0 Å². The van der Waals surface area contributed by atoms with Gasteiger partial charge in [-0.15, -0.1) is 6.58 Å². The number of alkyl halides is 2. The van der Waals surface area contributed by atoms with Gasteiger partial charge in [-0.2, -0.15) is 20.5 Å². The molecule has 0 fully saturated rings. The molecule has 0 saturated carbocycles. The van der Waals surface area contributed by atoms with Crippen LogP contribution < -0.4 is 10.1 Å². The molecule has 0 aliphatic heterocycles. The molecule has 100 valence electrons. The van der Waals surface area contributed by atoms with Crippen molar-refractivity contribution in [3.8, 4) is 5.75 Å². The fourth-order valence-corrected chi connectivity index (χ4v) is 2.02. The average molecular weight is 273 g/mol. The summed E-state index contributed by atoms with van der Waals surface area (Å²) in [5.41, 5.74) is 0.742. The van der Waals surface area contributed by atoms with Crippen LogP contribution in [-0.2, 0) is 6.54 Å². The number of hydrogen-bond acceptors (Lipinski definition) is 3. The number of halogens is 2. The van der Waals surface area contributed by atoms with E-state index in [1.54, 1.807) is 30.0 Å². The SMILES string of the molecule is C=CCSCCNCc1ccccc1OC(F)F. The van der Waals surface area contributed by atoms with Gasteiger partial charge in [-0.05, 0) is 6.07 Å². The number of ether oxygens (including phenoxy) is 1. The first kappa shape index (κ1) is 15.0. The van der Waals surface area contributed by atoms with Crippen molar-refractivity contribution in [1.29, 1.82) is 0 Å². The first-order valence-electron chi connectivity index (χ1n) is 5.66. The van der Waals surface area contributed by atoms with E-state index in [1.807, 2.05) is 12.1 Å². The Labute approximate surface area is 110 Å². The fraction of sp³-hybridized carbons (Fsp3) is 0.385. The molecule has 18 heavy (non-hydrogen) atoms. The molecule has 0 spiro atoms. The summed E-state index contributed by atoms with van der Waals surface area (Å²) in [7, 11) is 0. The molecular formula is C13H17F2NOS. The largest absolute Gasteiger partial charge is 0.434 e. The lowest BCUT2D eigenvalue weighted by atomic mass is 10.2. The molecule has 0 saturated heterocycles. The molecule has 0 atom stereocenters. The zero-order valence-electron chi connectivity index (χ0n) is 10.1. The topological polar surface area (TPSA) is 21.3 Å². The zero-order chi connectivity index (χ0) is 13.2. The quantitative estimate of drug-likeness (QED) is 0.551. The molecule has 1 aromatic rings. The van der Waals surface area contributed by atoms with E-state index in [1.165, 1.54) is 0 Å². The van der Waals surface area contributed by atoms with Crippen LogP contribution in [0.15, 0.2) is 36.9 Å². The Morgan fingerprint density at radius 1 is 1.39 bits per heavy atom. The van der Waals surface area contributed by atoms with Gasteiger partial charge >= 0.3 is 6.61 Å². The molecule has 1 aromatic carbocycles. The van der Waals surface area contributed by atoms with Crippen molar-refractivity contribution in [1.82, 2.24) is 5.32 Å². The van der Waals surface area contributed by atoms with Gasteiger partial charge in [0.05, 0.1) is 0 Å². The van der Waals surface area contributed by atoms with Crippen LogP contribution in [0.1, 0.15) is 5.56 Å². The van der Waals surface area contributed by atoms with E-state index in [0.717, 1.165) is 23.6 Å². The van der Waals surface area contributed by atoms with Crippen LogP contribution in [0.5, 0.6) is 5.75 Å². The molecule has 0 aromatic heterocycles. The summed E-state index contributed by atoms with van der Waals surface area (Å²) in [6, 6.07) is 6.82. The zero-order valence-corrected chi connectivity index (χ0v) is 10.9. The van der Waals surface area contributed by atoms with Crippen LogP contribution >= 0.6 is 11.8 Å². The Bertz CT molecular complexity index is 361. The second-order valence-electron chi connectivity index (χ2n) is 3.53. The lowest BCUT2D eigenvalue weighted by Crippen LogP contribution is -2.17. The van der Waals surface area contributed by atoms with E-state index in [4.69, 9.17) is 0 Å². The van der Waals surface area contributed by atoms with Gasteiger partial charge in [-0.25, -0.2) is 0 Å². The molecule has 5 heteroatoms. The minimum atomic E-state index is -2.78. The van der Waals surface area contributed by atoms with Crippen LogP contribution in [0.2, 0.25) is 0 Å². The third-order valence-electron chi connectivity index (χ3n) is 2.16. The van der Waals surface area contributed by atoms with E-state index in [-0.39, 0.29) is 5.75 Å². The minimum Gasteiger partial charge on any atom is -0.434 e. The van der Waals surface area contributed by atoms with Gasteiger partial charge in [0.15, 0.2) is 0 Å². The Morgan fingerprint density at radius 2 is 2.17 bits per heavy atom. The predicted molar refractivity (Wildman–Crippen MR) is 72.3 cm³/mol. The smallest absolute Gasteiger partial charge is 0.387 e. The van der Waals surface area contributed by atoms with Gasteiger partial charge in [0.2, 0.25) is 0 Å². The predicted octanol–water partition coefficient (Wildman–Crippen LogP) is 3.30. The third-order valence-corrected chi connectivity index (χ3v) is 3.13. The van der Waals surface area contributed by atoms with Crippen LogP contribution in [0, 0.1) is 0 Å². The Morgan fingerprint density at radius 3 is 2.89 bits per heavy atom. The highest BCUT2D eigenvalue weighted by atomic mass is 32.2. The number of hydrogen-bond donors (Lipinski definition) is 1. The van der Waals surface area contributed by atoms with Crippen molar-refractivity contribution >= 4 is 11.8 Å². The van der Waals surface area contributed by atoms with Gasteiger partial charge in [-0.3, -0.25) is 0 Å². The monoisotopic (exact) mass is 273 g/mol. The first-order valence-corrected chi connectivity index (χ1v) is 6.81. The van der Waals surface area contributed by atoms with E-state index >= 15 is 0 Å². The molecule has 0 bridgehead atoms. The first-order chi connectivity index (χ1) is 8.74. The minimum absolute atomic E-state index is 0.235. The maximum Gasteiger partial charge on any atom is 0.387 e. The highest BCUT2D eigenvalue weighted by Crippen LogP contribution is 2.19. The lowest BCUT2D eigenvalue weighted by Gasteiger charge is -2.11. The van der Waals surface area contributed by atoms with Gasteiger partial charge < -0.3 is 10.1 Å². The summed E-state index contributed by atoms with van der Waals surface area (Å²) in [6.45, 7) is 2.20. The Kier molecular flexibility index (Phi) is 7.44. The van der Waals surface area contributed by atoms with Crippen LogP contribution in [0.4, 0.5) is 8.78 Å². The second-order valence-corrected chi connectivity index (χ2v) is 4.68. The highest BCUT2D eigenvalue weighted by molar-refractivity contribution is 7.99. The summed E-state index contributed by atoms with van der Waals surface area (Å²) in [4.78, 5) is 0. The summed E-state index contributed by atoms with van der Waals surface area (Å²) < 4.78 is 28.8. The second kappa shape index (κ2) is 8.94. The van der Waals surface area contributed by atoms with Crippen molar-refractivity contribution in [2.24, 2.45) is 0 Å². The van der Waals surface area contributed by atoms with E-state index in [0.29, 0.717) is 6.54 Å². The maximum absolute atomic E-state index is 12.2. The highest BCUT2D eigenvalue weighted by Gasteiger charge is 2.08. The summed E-state index contributed by atoms with van der Waals surface area (Å²) >= 11 is 1.77. The van der Waals surface area contributed by atoms with Gasteiger partial charge in [0.25, 0.3) is 0 Å². The standard InChI is InChI=1S/C13H17F2NOS/c1-2-8-18-9-7-16-10-11-5-3-4-6-12(11)17-13(14)15/h2-6,13,16H,1,7-10H2. The number of thioether (sulfide) groups is 1. The Balaban J connectivity index is 2.34. The normalized spacial score (nSPS) is 10.6. The van der Waals surface area contributed by atoms with Crippen molar-refractivity contribution in [3.05, 3.63) is 42.5 Å². The van der Waals surface area contributed by atoms with Crippen molar-refractivity contribution in [2.45, 2.75) is 13.2 Å².